The fourth-order valence-electron chi connectivity index (χ4n) is 0.618. The smallest absolute Gasteiger partial charge is 0.201 e. The fraction of sp³-hybridized carbons (Fsp3) is 0. The molecule has 0 bridgehead atoms. The van der Waals surface area contributed by atoms with Crippen molar-refractivity contribution in [2.45, 2.75) is 10.3 Å². The van der Waals surface area contributed by atoms with Gasteiger partial charge in [-0.2, -0.15) is 0 Å². The molecular weight excluding hydrogens is 220 g/mol. The summed E-state index contributed by atoms with van der Waals surface area (Å²) in [4.78, 5) is 23.2. The monoisotopic (exact) mass is 224 g/mol. The molecule has 0 aliphatic rings. The van der Waals surface area contributed by atoms with Gasteiger partial charge in [-0.1, -0.05) is 0 Å². The van der Waals surface area contributed by atoms with E-state index in [1.807, 2.05) is 0 Å². The van der Waals surface area contributed by atoms with Crippen molar-refractivity contribution in [2.75, 3.05) is 0 Å². The summed E-state index contributed by atoms with van der Waals surface area (Å²) in [6.07, 6.45) is 5.79. The van der Waals surface area contributed by atoms with Crippen LogP contribution in [0.2, 0.25) is 0 Å². The highest BCUT2D eigenvalue weighted by molar-refractivity contribution is 8.76. The molecule has 0 radical (unpaired) electrons. The van der Waals surface area contributed by atoms with Crippen LogP contribution in [0.5, 0.6) is 0 Å². The van der Waals surface area contributed by atoms with Crippen LogP contribution in [-0.4, -0.2) is 29.9 Å². The van der Waals surface area contributed by atoms with Gasteiger partial charge in [-0.15, -0.1) is 0 Å². The molecule has 0 spiro atoms. The summed E-state index contributed by atoms with van der Waals surface area (Å²) in [5.74, 6) is 0. The Kier molecular flexibility index (Phi) is 3.19. The highest BCUT2D eigenvalue weighted by atomic mass is 33.1. The number of hydrogen-bond acceptors (Lipinski definition) is 8. The topological polar surface area (TPSA) is 77.3 Å². The van der Waals surface area contributed by atoms with Gasteiger partial charge in [-0.05, 0) is 21.6 Å². The zero-order valence-corrected chi connectivity index (χ0v) is 8.44. The summed E-state index contributed by atoms with van der Waals surface area (Å²) < 4.78 is 0. The molecule has 0 aromatic carbocycles. The van der Waals surface area contributed by atoms with Crippen LogP contribution < -0.4 is 0 Å². The van der Waals surface area contributed by atoms with E-state index in [1.54, 1.807) is 0 Å². The van der Waals surface area contributed by atoms with Crippen molar-refractivity contribution in [1.82, 2.24) is 29.9 Å². The first-order chi connectivity index (χ1) is 6.95. The van der Waals surface area contributed by atoms with Gasteiger partial charge in [0.05, 0.1) is 0 Å². The first kappa shape index (κ1) is 9.28. The van der Waals surface area contributed by atoms with E-state index < -0.39 is 0 Å². The van der Waals surface area contributed by atoms with Gasteiger partial charge in [0.15, 0.2) is 0 Å². The van der Waals surface area contributed by atoms with Crippen LogP contribution in [0.3, 0.4) is 0 Å². The van der Waals surface area contributed by atoms with Crippen molar-refractivity contribution in [2.24, 2.45) is 0 Å². The summed E-state index contributed by atoms with van der Waals surface area (Å²) in [5.41, 5.74) is 0. The number of aromatic nitrogens is 6. The van der Waals surface area contributed by atoms with Crippen molar-refractivity contribution >= 4 is 21.6 Å². The summed E-state index contributed by atoms with van der Waals surface area (Å²) in [5, 5.41) is 1.26. The maximum Gasteiger partial charge on any atom is 0.201 e. The zero-order valence-electron chi connectivity index (χ0n) is 6.81. The van der Waals surface area contributed by atoms with E-state index in [4.69, 9.17) is 0 Å². The Morgan fingerprint density at radius 1 is 0.643 bits per heavy atom. The molecule has 2 rings (SSSR count). The molecule has 0 unspecified atom stereocenters. The molecule has 0 saturated carbocycles. The Bertz CT molecular complexity index is 343. The van der Waals surface area contributed by atoms with Crippen molar-refractivity contribution in [1.29, 1.82) is 0 Å². The maximum absolute atomic E-state index is 3.94. The molecule has 70 valence electrons. The molecule has 0 amide bonds. The van der Waals surface area contributed by atoms with Crippen LogP contribution in [0.15, 0.2) is 35.6 Å². The molecule has 0 aliphatic heterocycles. The Labute approximate surface area is 87.5 Å². The SMILES string of the molecule is c1ncnc(SSc2ncncn2)n1. The molecule has 0 atom stereocenters. The maximum atomic E-state index is 3.94. The second-order valence-corrected chi connectivity index (χ2v) is 4.07. The zero-order chi connectivity index (χ0) is 9.64. The van der Waals surface area contributed by atoms with E-state index in [-0.39, 0.29) is 0 Å². The standard InChI is InChI=1S/C6H4N6S2/c1-7-2-10-5(9-1)13-14-6-11-3-8-4-12-6/h1-4H. The van der Waals surface area contributed by atoms with E-state index in [1.165, 1.54) is 46.9 Å². The van der Waals surface area contributed by atoms with Gasteiger partial charge in [-0.3, -0.25) is 0 Å². The van der Waals surface area contributed by atoms with E-state index >= 15 is 0 Å². The van der Waals surface area contributed by atoms with Gasteiger partial charge in [0.2, 0.25) is 10.3 Å². The average molecular weight is 224 g/mol. The molecule has 2 aromatic rings. The minimum atomic E-state index is 0.630. The van der Waals surface area contributed by atoms with Crippen LogP contribution in [0.25, 0.3) is 0 Å². The molecule has 0 fully saturated rings. The first-order valence-corrected chi connectivity index (χ1v) is 5.68. The lowest BCUT2D eigenvalue weighted by Crippen LogP contribution is -1.86. The highest BCUT2D eigenvalue weighted by Crippen LogP contribution is 2.31. The van der Waals surface area contributed by atoms with Gasteiger partial charge in [0.1, 0.15) is 25.3 Å². The molecular formula is C6H4N6S2. The second-order valence-electron chi connectivity index (χ2n) is 2.01. The minimum Gasteiger partial charge on any atom is -0.225 e. The fourth-order valence-corrected chi connectivity index (χ4v) is 2.09. The van der Waals surface area contributed by atoms with Gasteiger partial charge in [0.25, 0.3) is 0 Å². The van der Waals surface area contributed by atoms with Crippen molar-refractivity contribution < 1.29 is 0 Å². The van der Waals surface area contributed by atoms with Crippen LogP contribution in [0.1, 0.15) is 0 Å². The number of nitrogens with zero attached hydrogens (tertiary/aromatic N) is 6. The molecule has 2 aromatic heterocycles. The summed E-state index contributed by atoms with van der Waals surface area (Å²) >= 11 is 0. The summed E-state index contributed by atoms with van der Waals surface area (Å²) in [7, 11) is 2.75. The molecule has 8 heteroatoms. The molecule has 14 heavy (non-hydrogen) atoms. The third-order valence-corrected chi connectivity index (χ3v) is 3.08. The van der Waals surface area contributed by atoms with Crippen molar-refractivity contribution in [3.8, 4) is 0 Å². The predicted octanol–water partition coefficient (Wildman–Crippen LogP) is 0.856. The third-order valence-electron chi connectivity index (χ3n) is 1.13. The Morgan fingerprint density at radius 2 is 1.00 bits per heavy atom. The van der Waals surface area contributed by atoms with Crippen LogP contribution in [0.4, 0.5) is 0 Å². The first-order valence-electron chi connectivity index (χ1n) is 3.53. The van der Waals surface area contributed by atoms with E-state index in [0.29, 0.717) is 10.3 Å². The lowest BCUT2D eigenvalue weighted by atomic mass is 11.1. The van der Waals surface area contributed by atoms with Gasteiger partial charge < -0.3 is 0 Å². The minimum absolute atomic E-state index is 0.630. The van der Waals surface area contributed by atoms with Gasteiger partial charge in [-0.25, -0.2) is 29.9 Å². The van der Waals surface area contributed by atoms with E-state index in [0.717, 1.165) is 0 Å². The third kappa shape index (κ3) is 2.60. The molecule has 0 saturated heterocycles. The largest absolute Gasteiger partial charge is 0.225 e. The normalized spacial score (nSPS) is 10.0. The van der Waals surface area contributed by atoms with Crippen LogP contribution in [-0.2, 0) is 0 Å². The number of hydrogen-bond donors (Lipinski definition) is 0. The van der Waals surface area contributed by atoms with Gasteiger partial charge in [0, 0.05) is 0 Å². The average Bonchev–Trinajstić information content (AvgIpc) is 2.29. The van der Waals surface area contributed by atoms with Crippen molar-refractivity contribution in [3.05, 3.63) is 25.3 Å². The van der Waals surface area contributed by atoms with E-state index in [9.17, 15) is 0 Å². The van der Waals surface area contributed by atoms with Crippen molar-refractivity contribution in [3.63, 3.8) is 0 Å². The van der Waals surface area contributed by atoms with Crippen LogP contribution >= 0.6 is 21.6 Å². The molecule has 0 N–H and O–H groups in total. The Morgan fingerprint density at radius 3 is 1.36 bits per heavy atom. The highest BCUT2D eigenvalue weighted by Gasteiger charge is 2.00. The van der Waals surface area contributed by atoms with Crippen LogP contribution in [0, 0.1) is 0 Å². The van der Waals surface area contributed by atoms with Gasteiger partial charge >= 0.3 is 0 Å². The lowest BCUT2D eigenvalue weighted by molar-refractivity contribution is 0.901. The lowest BCUT2D eigenvalue weighted by Gasteiger charge is -1.95. The Balaban J connectivity index is 1.96. The second kappa shape index (κ2) is 4.82. The van der Waals surface area contributed by atoms with E-state index in [2.05, 4.69) is 29.9 Å². The summed E-state index contributed by atoms with van der Waals surface area (Å²) in [6, 6.07) is 0. The molecule has 2 heterocycles. The predicted molar refractivity (Wildman–Crippen MR) is 51.4 cm³/mol. The summed E-state index contributed by atoms with van der Waals surface area (Å²) in [6.45, 7) is 0. The number of rotatable bonds is 3. The quantitative estimate of drug-likeness (QED) is 0.710. The molecule has 6 nitrogen and oxygen atoms in total. The Hall–Kier alpha value is -1.28. The molecule has 0 aliphatic carbocycles.